The molecule has 0 aliphatic heterocycles. The largest absolute Gasteiger partial charge is 0.462 e. The normalized spacial score (nSPS) is 10.2. The van der Waals surface area contributed by atoms with Crippen LogP contribution in [0.4, 0.5) is 11.4 Å². The Balaban J connectivity index is 1.74. The van der Waals surface area contributed by atoms with Gasteiger partial charge in [0.15, 0.2) is 0 Å². The molecule has 2 aromatic rings. The van der Waals surface area contributed by atoms with Crippen molar-refractivity contribution in [3.8, 4) is 0 Å². The fraction of sp³-hybridized carbons (Fsp3) is 0.286. The maximum absolute atomic E-state index is 12.0. The average Bonchev–Trinajstić information content (AvgIpc) is 2.65. The predicted octanol–water partition coefficient (Wildman–Crippen LogP) is 3.79. The first-order chi connectivity index (χ1) is 13.4. The number of aryl methyl sites for hydroxylation is 2. The summed E-state index contributed by atoms with van der Waals surface area (Å²) >= 11 is 1.23. The van der Waals surface area contributed by atoms with Gasteiger partial charge in [0.05, 0.1) is 23.7 Å². The van der Waals surface area contributed by atoms with E-state index in [0.717, 1.165) is 11.3 Å². The summed E-state index contributed by atoms with van der Waals surface area (Å²) in [6.45, 7) is 6.06. The molecule has 28 heavy (non-hydrogen) atoms. The first kappa shape index (κ1) is 21.5. The molecule has 148 valence electrons. The zero-order chi connectivity index (χ0) is 20.5. The van der Waals surface area contributed by atoms with E-state index in [1.165, 1.54) is 17.3 Å². The Bertz CT molecular complexity index is 850. The highest BCUT2D eigenvalue weighted by Crippen LogP contribution is 2.15. The van der Waals surface area contributed by atoms with E-state index in [2.05, 4.69) is 10.6 Å². The Morgan fingerprint density at radius 3 is 2.00 bits per heavy atom. The van der Waals surface area contributed by atoms with Crippen LogP contribution < -0.4 is 10.6 Å². The number of thioether (sulfide) groups is 1. The lowest BCUT2D eigenvalue weighted by Gasteiger charge is -2.08. The van der Waals surface area contributed by atoms with Gasteiger partial charge in [-0.05, 0) is 68.3 Å². The van der Waals surface area contributed by atoms with E-state index < -0.39 is 5.97 Å². The second kappa shape index (κ2) is 10.5. The lowest BCUT2D eigenvalue weighted by molar-refractivity contribution is -0.114. The third kappa shape index (κ3) is 6.74. The molecule has 0 aliphatic rings. The SMILES string of the molecule is CCOC(=O)c1ccc(NC(=O)CSCC(=O)Nc2ccc(C)c(C)c2)cc1. The Labute approximate surface area is 169 Å². The third-order valence-corrected chi connectivity index (χ3v) is 4.87. The Morgan fingerprint density at radius 1 is 0.857 bits per heavy atom. The van der Waals surface area contributed by atoms with Gasteiger partial charge < -0.3 is 15.4 Å². The fourth-order valence-corrected chi connectivity index (χ4v) is 2.97. The fourth-order valence-electron chi connectivity index (χ4n) is 2.35. The van der Waals surface area contributed by atoms with Gasteiger partial charge in [-0.3, -0.25) is 9.59 Å². The number of hydrogen-bond acceptors (Lipinski definition) is 5. The van der Waals surface area contributed by atoms with E-state index in [1.807, 2.05) is 32.0 Å². The van der Waals surface area contributed by atoms with Gasteiger partial charge in [-0.15, -0.1) is 11.8 Å². The molecule has 0 bridgehead atoms. The molecule has 2 rings (SSSR count). The van der Waals surface area contributed by atoms with Gasteiger partial charge in [-0.2, -0.15) is 0 Å². The van der Waals surface area contributed by atoms with E-state index in [9.17, 15) is 14.4 Å². The van der Waals surface area contributed by atoms with Gasteiger partial charge in [0.2, 0.25) is 11.8 Å². The molecule has 0 aromatic heterocycles. The summed E-state index contributed by atoms with van der Waals surface area (Å²) in [6, 6.07) is 12.2. The molecule has 0 radical (unpaired) electrons. The molecular formula is C21H24N2O4S. The lowest BCUT2D eigenvalue weighted by Crippen LogP contribution is -2.18. The molecule has 6 nitrogen and oxygen atoms in total. The van der Waals surface area contributed by atoms with Crippen LogP contribution in [0.5, 0.6) is 0 Å². The van der Waals surface area contributed by atoms with E-state index >= 15 is 0 Å². The number of benzene rings is 2. The topological polar surface area (TPSA) is 84.5 Å². The Hall–Kier alpha value is -2.80. The summed E-state index contributed by atoms with van der Waals surface area (Å²) in [4.78, 5) is 35.6. The van der Waals surface area contributed by atoms with Crippen LogP contribution in [0.2, 0.25) is 0 Å². The first-order valence-electron chi connectivity index (χ1n) is 8.91. The molecule has 7 heteroatoms. The van der Waals surface area contributed by atoms with Crippen molar-refractivity contribution in [1.82, 2.24) is 0 Å². The molecule has 0 heterocycles. The number of hydrogen-bond donors (Lipinski definition) is 2. The quantitative estimate of drug-likeness (QED) is 0.659. The van der Waals surface area contributed by atoms with Crippen molar-refractivity contribution in [3.63, 3.8) is 0 Å². The molecule has 2 aromatic carbocycles. The maximum atomic E-state index is 12.0. The van der Waals surface area contributed by atoms with E-state index in [4.69, 9.17) is 4.74 Å². The standard InChI is InChI=1S/C21H24N2O4S/c1-4-27-21(26)16-6-9-17(10-7-16)22-19(24)12-28-13-20(25)23-18-8-5-14(2)15(3)11-18/h5-11H,4,12-13H2,1-3H3,(H,22,24)(H,23,25). The summed E-state index contributed by atoms with van der Waals surface area (Å²) < 4.78 is 4.91. The first-order valence-corrected chi connectivity index (χ1v) is 10.1. The van der Waals surface area contributed by atoms with Crippen molar-refractivity contribution >= 4 is 40.9 Å². The van der Waals surface area contributed by atoms with Crippen LogP contribution in [0.1, 0.15) is 28.4 Å². The second-order valence-corrected chi connectivity index (χ2v) is 7.17. The lowest BCUT2D eigenvalue weighted by atomic mass is 10.1. The number of esters is 1. The predicted molar refractivity (Wildman–Crippen MR) is 113 cm³/mol. The maximum Gasteiger partial charge on any atom is 0.338 e. The van der Waals surface area contributed by atoms with Crippen LogP contribution in [0.3, 0.4) is 0 Å². The third-order valence-electron chi connectivity index (χ3n) is 3.94. The van der Waals surface area contributed by atoms with Gasteiger partial charge in [0.25, 0.3) is 0 Å². The summed E-state index contributed by atoms with van der Waals surface area (Å²) in [7, 11) is 0. The van der Waals surface area contributed by atoms with Gasteiger partial charge in [0.1, 0.15) is 0 Å². The Kier molecular flexibility index (Phi) is 8.07. The molecule has 2 amide bonds. The highest BCUT2D eigenvalue weighted by Gasteiger charge is 2.09. The minimum Gasteiger partial charge on any atom is -0.462 e. The molecule has 0 fully saturated rings. The number of ether oxygens (including phenoxy) is 1. The molecule has 0 atom stereocenters. The number of carbonyl (C=O) groups is 3. The summed E-state index contributed by atoms with van der Waals surface area (Å²) in [5.74, 6) is -0.430. The van der Waals surface area contributed by atoms with Crippen molar-refractivity contribution in [1.29, 1.82) is 0 Å². The number of carbonyl (C=O) groups excluding carboxylic acids is 3. The van der Waals surface area contributed by atoms with Crippen LogP contribution >= 0.6 is 11.8 Å². The summed E-state index contributed by atoms with van der Waals surface area (Å²) in [5, 5.41) is 5.56. The van der Waals surface area contributed by atoms with Crippen molar-refractivity contribution in [2.24, 2.45) is 0 Å². The minimum atomic E-state index is -0.397. The highest BCUT2D eigenvalue weighted by atomic mass is 32.2. The van der Waals surface area contributed by atoms with Gasteiger partial charge in [-0.25, -0.2) is 4.79 Å². The van der Waals surface area contributed by atoms with Gasteiger partial charge >= 0.3 is 5.97 Å². The molecular weight excluding hydrogens is 376 g/mol. The van der Waals surface area contributed by atoms with Crippen LogP contribution in [-0.4, -0.2) is 35.9 Å². The number of amides is 2. The molecule has 2 N–H and O–H groups in total. The van der Waals surface area contributed by atoms with Gasteiger partial charge in [0, 0.05) is 11.4 Å². The molecule has 0 aliphatic carbocycles. The molecule has 0 saturated carbocycles. The number of nitrogens with one attached hydrogen (secondary N) is 2. The van der Waals surface area contributed by atoms with Gasteiger partial charge in [-0.1, -0.05) is 6.07 Å². The summed E-state index contributed by atoms with van der Waals surface area (Å²) in [6.07, 6.45) is 0. The van der Waals surface area contributed by atoms with E-state index in [1.54, 1.807) is 31.2 Å². The van der Waals surface area contributed by atoms with Crippen molar-refractivity contribution < 1.29 is 19.1 Å². The highest BCUT2D eigenvalue weighted by molar-refractivity contribution is 8.00. The average molecular weight is 401 g/mol. The zero-order valence-electron chi connectivity index (χ0n) is 16.2. The molecule has 0 unspecified atom stereocenters. The molecule has 0 spiro atoms. The van der Waals surface area contributed by atoms with Crippen LogP contribution in [-0.2, 0) is 14.3 Å². The number of anilines is 2. The minimum absolute atomic E-state index is 0.153. The van der Waals surface area contributed by atoms with E-state index in [-0.39, 0.29) is 23.3 Å². The Morgan fingerprint density at radius 2 is 1.43 bits per heavy atom. The molecule has 0 saturated heterocycles. The summed E-state index contributed by atoms with van der Waals surface area (Å²) in [5.41, 5.74) is 4.04. The van der Waals surface area contributed by atoms with Crippen LogP contribution in [0.25, 0.3) is 0 Å². The zero-order valence-corrected chi connectivity index (χ0v) is 17.0. The van der Waals surface area contributed by atoms with Crippen molar-refractivity contribution in [2.45, 2.75) is 20.8 Å². The van der Waals surface area contributed by atoms with Crippen molar-refractivity contribution in [3.05, 3.63) is 59.2 Å². The smallest absolute Gasteiger partial charge is 0.338 e. The monoisotopic (exact) mass is 400 g/mol. The second-order valence-electron chi connectivity index (χ2n) is 6.19. The van der Waals surface area contributed by atoms with Crippen LogP contribution in [0.15, 0.2) is 42.5 Å². The van der Waals surface area contributed by atoms with Crippen molar-refractivity contribution in [2.75, 3.05) is 28.7 Å². The van der Waals surface area contributed by atoms with Crippen LogP contribution in [0, 0.1) is 13.8 Å². The number of rotatable bonds is 8. The van der Waals surface area contributed by atoms with E-state index in [0.29, 0.717) is 17.9 Å².